The Hall–Kier alpha value is -7.68. The van der Waals surface area contributed by atoms with Gasteiger partial charge in [0.15, 0.2) is 0 Å². The van der Waals surface area contributed by atoms with Crippen LogP contribution in [0.3, 0.4) is 0 Å². The molecule has 0 aliphatic heterocycles. The molecule has 9 aromatic carbocycles. The maximum Gasteiger partial charge on any atom is 0.0467 e. The molecule has 0 amide bonds. The number of anilines is 5. The van der Waals surface area contributed by atoms with Crippen LogP contribution in [0, 0.1) is 0 Å². The van der Waals surface area contributed by atoms with Gasteiger partial charge in [-0.1, -0.05) is 182 Å². The maximum atomic E-state index is 2.34. The monoisotopic (exact) mass is 756 g/mol. The summed E-state index contributed by atoms with van der Waals surface area (Å²) in [6, 6.07) is 82.4. The maximum absolute atomic E-state index is 2.34. The Morgan fingerprint density at radius 1 is 0.339 bits per heavy atom. The molecule has 9 aromatic rings. The zero-order valence-electron chi connectivity index (χ0n) is 33.1. The Morgan fingerprint density at radius 3 is 1.17 bits per heavy atom. The largest absolute Gasteiger partial charge is 0.311 e. The van der Waals surface area contributed by atoms with Crippen molar-refractivity contribution in [1.29, 1.82) is 0 Å². The van der Waals surface area contributed by atoms with Crippen molar-refractivity contribution in [2.24, 2.45) is 0 Å². The summed E-state index contributed by atoms with van der Waals surface area (Å²) in [6.45, 7) is 2.10. The van der Waals surface area contributed by atoms with Gasteiger partial charge in [-0.15, -0.1) is 0 Å². The van der Waals surface area contributed by atoms with E-state index < -0.39 is 0 Å². The van der Waals surface area contributed by atoms with Crippen molar-refractivity contribution in [1.82, 2.24) is 0 Å². The summed E-state index contributed by atoms with van der Waals surface area (Å²) in [5, 5.41) is 2.44. The first-order valence-corrected chi connectivity index (χ1v) is 20.2. The van der Waals surface area contributed by atoms with Crippen LogP contribution < -0.4 is 9.80 Å². The number of hydrogen-bond acceptors (Lipinski definition) is 2. The van der Waals surface area contributed by atoms with Gasteiger partial charge in [0.05, 0.1) is 0 Å². The molecule has 0 aliphatic rings. The average Bonchev–Trinajstić information content (AvgIpc) is 3.32. The molecule has 0 unspecified atom stereocenters. The highest BCUT2D eigenvalue weighted by atomic mass is 15.1. The fourth-order valence-corrected chi connectivity index (χ4v) is 7.73. The van der Waals surface area contributed by atoms with Crippen LogP contribution in [0.5, 0.6) is 0 Å². The Kier molecular flexibility index (Phi) is 10.8. The molecule has 0 radical (unpaired) electrons. The van der Waals surface area contributed by atoms with Crippen LogP contribution >= 0.6 is 0 Å². The van der Waals surface area contributed by atoms with E-state index in [-0.39, 0.29) is 0 Å². The van der Waals surface area contributed by atoms with Crippen LogP contribution in [-0.4, -0.2) is 0 Å². The smallest absolute Gasteiger partial charge is 0.0467 e. The molecule has 0 bridgehead atoms. The minimum absolute atomic E-state index is 1.09. The Balaban J connectivity index is 1.04. The van der Waals surface area contributed by atoms with Gasteiger partial charge in [0.25, 0.3) is 0 Å². The number of nitrogens with zero attached hydrogens (tertiary/aromatic N) is 2. The third-order valence-corrected chi connectivity index (χ3v) is 10.8. The SMILES string of the molecule is C/C=C(\C=C/c1ccccc1)N(c1ccc(-c2ccc(N(c3ccc(-c4ccccc4)cc3)c3ccc(-c4ccccc4)cc3)cc2)cc1)c1ccc2ccccc2c1. The lowest BCUT2D eigenvalue weighted by atomic mass is 10.0. The Morgan fingerprint density at radius 2 is 0.712 bits per heavy atom. The molecule has 59 heavy (non-hydrogen) atoms. The molecule has 0 heterocycles. The molecule has 282 valence electrons. The molecule has 9 rings (SSSR count). The number of benzene rings is 9. The van der Waals surface area contributed by atoms with E-state index in [1.165, 1.54) is 33.0 Å². The summed E-state index contributed by atoms with van der Waals surface area (Å²) in [6.07, 6.45) is 6.56. The molecule has 0 atom stereocenters. The van der Waals surface area contributed by atoms with Crippen LogP contribution in [0.25, 0.3) is 50.2 Å². The van der Waals surface area contributed by atoms with E-state index in [9.17, 15) is 0 Å². The fraction of sp³-hybridized carbons (Fsp3) is 0.0175. The van der Waals surface area contributed by atoms with Crippen molar-refractivity contribution < 1.29 is 0 Å². The number of hydrogen-bond donors (Lipinski definition) is 0. The highest BCUT2D eigenvalue weighted by molar-refractivity contribution is 5.88. The minimum Gasteiger partial charge on any atom is -0.311 e. The van der Waals surface area contributed by atoms with E-state index >= 15 is 0 Å². The lowest BCUT2D eigenvalue weighted by Gasteiger charge is -2.27. The predicted octanol–water partition coefficient (Wildman–Crippen LogP) is 16.1. The molecule has 0 spiro atoms. The molecular formula is C57H44N2. The van der Waals surface area contributed by atoms with Gasteiger partial charge in [0, 0.05) is 34.1 Å². The lowest BCUT2D eigenvalue weighted by Crippen LogP contribution is -2.15. The number of allylic oxidation sites excluding steroid dienone is 2. The van der Waals surface area contributed by atoms with Crippen molar-refractivity contribution in [2.75, 3.05) is 9.80 Å². The second-order valence-corrected chi connectivity index (χ2v) is 14.6. The molecule has 0 aliphatic carbocycles. The van der Waals surface area contributed by atoms with Gasteiger partial charge in [-0.3, -0.25) is 0 Å². The standard InChI is InChI=1S/C57H44N2/c1-2-52(32-22-43-14-6-3-7-15-43)58(57-41-31-46-20-12-13-21-51(46)42-57)53-33-27-49(28-34-53)50-29-39-56(40-30-50)59(54-35-23-47(24-36-54)44-16-8-4-9-17-44)55-37-25-48(26-38-55)45-18-10-5-11-19-45/h2-42H,1H3/b32-22-,52-2+. The van der Waals surface area contributed by atoms with E-state index in [0.717, 1.165) is 50.8 Å². The van der Waals surface area contributed by atoms with Crippen molar-refractivity contribution in [3.05, 3.63) is 254 Å². The summed E-state index contributed by atoms with van der Waals surface area (Å²) >= 11 is 0. The molecule has 0 aromatic heterocycles. The third kappa shape index (κ3) is 8.25. The summed E-state index contributed by atoms with van der Waals surface area (Å²) in [7, 11) is 0. The van der Waals surface area contributed by atoms with Crippen LogP contribution in [0.2, 0.25) is 0 Å². The fourth-order valence-electron chi connectivity index (χ4n) is 7.73. The number of rotatable bonds is 11. The Labute approximate surface area is 347 Å². The van der Waals surface area contributed by atoms with Crippen molar-refractivity contribution in [3.63, 3.8) is 0 Å². The summed E-state index contributed by atoms with van der Waals surface area (Å²) in [4.78, 5) is 4.67. The van der Waals surface area contributed by atoms with E-state index in [2.05, 4.69) is 265 Å². The van der Waals surface area contributed by atoms with Gasteiger partial charge in [-0.2, -0.15) is 0 Å². The van der Waals surface area contributed by atoms with E-state index in [1.807, 2.05) is 0 Å². The summed E-state index contributed by atoms with van der Waals surface area (Å²) in [5.74, 6) is 0. The number of fused-ring (bicyclic) bond motifs is 1. The first-order valence-electron chi connectivity index (χ1n) is 20.2. The van der Waals surface area contributed by atoms with Gasteiger partial charge in [-0.25, -0.2) is 0 Å². The topological polar surface area (TPSA) is 6.48 Å². The zero-order valence-corrected chi connectivity index (χ0v) is 33.1. The van der Waals surface area contributed by atoms with Crippen LogP contribution in [-0.2, 0) is 0 Å². The highest BCUT2D eigenvalue weighted by Crippen LogP contribution is 2.39. The molecule has 2 heteroatoms. The van der Waals surface area contributed by atoms with Crippen molar-refractivity contribution >= 4 is 45.3 Å². The van der Waals surface area contributed by atoms with E-state index in [0.29, 0.717) is 0 Å². The normalized spacial score (nSPS) is 11.5. The van der Waals surface area contributed by atoms with Crippen LogP contribution in [0.15, 0.2) is 248 Å². The zero-order chi connectivity index (χ0) is 39.8. The van der Waals surface area contributed by atoms with E-state index in [1.54, 1.807) is 0 Å². The Bertz CT molecular complexity index is 2740. The molecule has 0 saturated heterocycles. The van der Waals surface area contributed by atoms with Crippen molar-refractivity contribution in [2.45, 2.75) is 6.92 Å². The van der Waals surface area contributed by atoms with Gasteiger partial charge in [-0.05, 0) is 123 Å². The quantitative estimate of drug-likeness (QED) is 0.121. The first-order chi connectivity index (χ1) is 29.2. The highest BCUT2D eigenvalue weighted by Gasteiger charge is 2.16. The van der Waals surface area contributed by atoms with Gasteiger partial charge in [0.2, 0.25) is 0 Å². The summed E-state index contributed by atoms with van der Waals surface area (Å²) in [5.41, 5.74) is 14.9. The van der Waals surface area contributed by atoms with Crippen LogP contribution in [0.1, 0.15) is 12.5 Å². The third-order valence-electron chi connectivity index (χ3n) is 10.8. The second kappa shape index (κ2) is 17.2. The molecule has 2 nitrogen and oxygen atoms in total. The van der Waals surface area contributed by atoms with Gasteiger partial charge in [0.1, 0.15) is 0 Å². The minimum atomic E-state index is 1.09. The van der Waals surface area contributed by atoms with Crippen LogP contribution in [0.4, 0.5) is 28.4 Å². The summed E-state index contributed by atoms with van der Waals surface area (Å²) < 4.78 is 0. The van der Waals surface area contributed by atoms with Gasteiger partial charge < -0.3 is 9.80 Å². The van der Waals surface area contributed by atoms with Gasteiger partial charge >= 0.3 is 0 Å². The lowest BCUT2D eigenvalue weighted by molar-refractivity contribution is 1.21. The molecule has 0 N–H and O–H groups in total. The molecular weight excluding hydrogens is 713 g/mol. The molecule has 0 fully saturated rings. The predicted molar refractivity (Wildman–Crippen MR) is 253 cm³/mol. The van der Waals surface area contributed by atoms with E-state index in [4.69, 9.17) is 0 Å². The first kappa shape index (κ1) is 36.9. The average molecular weight is 757 g/mol. The molecule has 0 saturated carbocycles. The second-order valence-electron chi connectivity index (χ2n) is 14.6. The van der Waals surface area contributed by atoms with Crippen molar-refractivity contribution in [3.8, 4) is 33.4 Å².